The Bertz CT molecular complexity index is 952. The molecule has 8 heteroatoms. The third-order valence-corrected chi connectivity index (χ3v) is 5.52. The molecule has 0 aliphatic carbocycles. The van der Waals surface area contributed by atoms with E-state index in [0.29, 0.717) is 12.6 Å². The van der Waals surface area contributed by atoms with Crippen molar-refractivity contribution in [2.45, 2.75) is 38.6 Å². The molecule has 0 atom stereocenters. The van der Waals surface area contributed by atoms with E-state index in [1.807, 2.05) is 0 Å². The molecular formula is C23H27F2N3O3. The van der Waals surface area contributed by atoms with E-state index in [0.717, 1.165) is 38.1 Å². The number of hydrogen-bond acceptors (Lipinski definition) is 4. The molecular weight excluding hydrogens is 404 g/mol. The Balaban J connectivity index is 1.63. The molecule has 0 saturated carbocycles. The first-order chi connectivity index (χ1) is 14.7. The molecule has 1 heterocycles. The van der Waals surface area contributed by atoms with Crippen LogP contribution in [0.5, 0.6) is 5.75 Å². The van der Waals surface area contributed by atoms with Gasteiger partial charge in [-0.25, -0.2) is 8.78 Å². The number of nitrogens with zero attached hydrogens (tertiary/aromatic N) is 1. The number of phenolic OH excluding ortho intramolecular Hbond substituents is 1. The second kappa shape index (κ2) is 9.43. The van der Waals surface area contributed by atoms with Crippen molar-refractivity contribution in [3.63, 3.8) is 0 Å². The van der Waals surface area contributed by atoms with Crippen LogP contribution in [-0.4, -0.2) is 47.0 Å². The number of likely N-dealkylation sites (tertiary alicyclic amines) is 1. The Hall–Kier alpha value is -3.00. The van der Waals surface area contributed by atoms with Crippen LogP contribution in [0.2, 0.25) is 0 Å². The highest BCUT2D eigenvalue weighted by molar-refractivity contribution is 6.05. The predicted molar refractivity (Wildman–Crippen MR) is 114 cm³/mol. The average Bonchev–Trinajstić information content (AvgIpc) is 2.72. The van der Waals surface area contributed by atoms with E-state index in [-0.39, 0.29) is 28.1 Å². The Kier molecular flexibility index (Phi) is 6.90. The summed E-state index contributed by atoms with van der Waals surface area (Å²) >= 11 is 0. The van der Waals surface area contributed by atoms with Crippen LogP contribution in [0.4, 0.5) is 14.5 Å². The number of nitrogens with one attached hydrogen (secondary N) is 2. The normalized spacial score (nSPS) is 14.8. The van der Waals surface area contributed by atoms with Gasteiger partial charge < -0.3 is 15.7 Å². The number of hydrogen-bond donors (Lipinski definition) is 3. The highest BCUT2D eigenvalue weighted by Crippen LogP contribution is 2.24. The quantitative estimate of drug-likeness (QED) is 0.648. The molecule has 2 aromatic carbocycles. The maximum absolute atomic E-state index is 13.3. The molecule has 2 amide bonds. The fourth-order valence-corrected chi connectivity index (χ4v) is 3.69. The summed E-state index contributed by atoms with van der Waals surface area (Å²) in [4.78, 5) is 27.1. The van der Waals surface area contributed by atoms with Crippen molar-refractivity contribution in [1.82, 2.24) is 10.2 Å². The lowest BCUT2D eigenvalue weighted by molar-refractivity contribution is 0.0796. The number of carbonyl (C=O) groups is 2. The third kappa shape index (κ3) is 5.79. The Morgan fingerprint density at radius 3 is 2.26 bits per heavy atom. The van der Waals surface area contributed by atoms with Crippen molar-refractivity contribution < 1.29 is 23.5 Å². The van der Waals surface area contributed by atoms with E-state index in [4.69, 9.17) is 0 Å². The summed E-state index contributed by atoms with van der Waals surface area (Å²) in [7, 11) is 0. The predicted octanol–water partition coefficient (Wildman–Crippen LogP) is 3.92. The maximum Gasteiger partial charge on any atom is 0.255 e. The fraction of sp³-hybridized carbons (Fsp3) is 0.391. The second-order valence-electron chi connectivity index (χ2n) is 8.39. The van der Waals surface area contributed by atoms with Gasteiger partial charge >= 0.3 is 0 Å². The summed E-state index contributed by atoms with van der Waals surface area (Å²) in [6, 6.07) is 6.54. The molecule has 3 rings (SSSR count). The van der Waals surface area contributed by atoms with Crippen molar-refractivity contribution in [2.24, 2.45) is 0 Å². The number of amides is 2. The first-order valence-electron chi connectivity index (χ1n) is 10.3. The summed E-state index contributed by atoms with van der Waals surface area (Å²) in [5.74, 6) is -3.21. The zero-order chi connectivity index (χ0) is 22.6. The number of rotatable bonds is 6. The minimum atomic E-state index is -0.868. The standard InChI is InChI=1S/C23H27F2N3O3/c1-23(2,28-8-4-3-5-9-28)14-26-22(31)19-7-6-18(13-20(19)29)27-21(30)15-10-16(24)12-17(25)11-15/h6-7,10-13,29H,3-5,8-9,14H2,1-2H3,(H,26,31)(H,27,30). The number of phenols is 1. The van der Waals surface area contributed by atoms with Crippen LogP contribution in [0.15, 0.2) is 36.4 Å². The molecule has 0 aromatic heterocycles. The van der Waals surface area contributed by atoms with Gasteiger partial charge in [-0.3, -0.25) is 14.5 Å². The number of halogens is 2. The molecule has 0 bridgehead atoms. The van der Waals surface area contributed by atoms with Gasteiger partial charge in [-0.1, -0.05) is 6.42 Å². The molecule has 1 saturated heterocycles. The number of piperidine rings is 1. The van der Waals surface area contributed by atoms with E-state index in [1.165, 1.54) is 24.6 Å². The summed E-state index contributed by atoms with van der Waals surface area (Å²) in [6.07, 6.45) is 3.52. The first-order valence-corrected chi connectivity index (χ1v) is 10.3. The minimum Gasteiger partial charge on any atom is -0.507 e. The van der Waals surface area contributed by atoms with E-state index >= 15 is 0 Å². The molecule has 2 aromatic rings. The fourth-order valence-electron chi connectivity index (χ4n) is 3.69. The van der Waals surface area contributed by atoms with Gasteiger partial charge in [-0.2, -0.15) is 0 Å². The molecule has 1 fully saturated rings. The van der Waals surface area contributed by atoms with E-state index < -0.39 is 23.4 Å². The third-order valence-electron chi connectivity index (χ3n) is 5.52. The molecule has 0 unspecified atom stereocenters. The highest BCUT2D eigenvalue weighted by Gasteiger charge is 2.28. The molecule has 1 aliphatic heterocycles. The van der Waals surface area contributed by atoms with Crippen LogP contribution in [0.3, 0.4) is 0 Å². The monoisotopic (exact) mass is 431 g/mol. The van der Waals surface area contributed by atoms with Crippen LogP contribution in [0.25, 0.3) is 0 Å². The van der Waals surface area contributed by atoms with Crippen LogP contribution in [0, 0.1) is 11.6 Å². The zero-order valence-electron chi connectivity index (χ0n) is 17.7. The average molecular weight is 431 g/mol. The lowest BCUT2D eigenvalue weighted by Crippen LogP contribution is -2.53. The van der Waals surface area contributed by atoms with Gasteiger partial charge in [0.05, 0.1) is 5.56 Å². The molecule has 3 N–H and O–H groups in total. The van der Waals surface area contributed by atoms with Crippen LogP contribution in [0.1, 0.15) is 53.8 Å². The van der Waals surface area contributed by atoms with Crippen molar-refractivity contribution in [1.29, 1.82) is 0 Å². The zero-order valence-corrected chi connectivity index (χ0v) is 17.7. The SMILES string of the molecule is CC(C)(CNC(=O)c1ccc(NC(=O)c2cc(F)cc(F)c2)cc1O)N1CCCCC1. The molecule has 1 aliphatic rings. The van der Waals surface area contributed by atoms with Crippen LogP contribution < -0.4 is 10.6 Å². The minimum absolute atomic E-state index is 0.0734. The molecule has 166 valence electrons. The molecule has 0 radical (unpaired) electrons. The summed E-state index contributed by atoms with van der Waals surface area (Å²) < 4.78 is 26.6. The summed E-state index contributed by atoms with van der Waals surface area (Å²) in [6.45, 7) is 6.57. The van der Waals surface area contributed by atoms with Gasteiger partial charge in [-0.05, 0) is 64.0 Å². The van der Waals surface area contributed by atoms with Crippen LogP contribution in [-0.2, 0) is 0 Å². The molecule has 31 heavy (non-hydrogen) atoms. The molecule has 6 nitrogen and oxygen atoms in total. The second-order valence-corrected chi connectivity index (χ2v) is 8.39. The van der Waals surface area contributed by atoms with Crippen molar-refractivity contribution in [3.8, 4) is 5.75 Å². The van der Waals surface area contributed by atoms with Gasteiger partial charge in [0, 0.05) is 35.5 Å². The molecule has 0 spiro atoms. The van der Waals surface area contributed by atoms with Crippen molar-refractivity contribution in [2.75, 3.05) is 25.0 Å². The Labute approximate surface area is 180 Å². The van der Waals surface area contributed by atoms with E-state index in [2.05, 4.69) is 29.4 Å². The van der Waals surface area contributed by atoms with E-state index in [9.17, 15) is 23.5 Å². The van der Waals surface area contributed by atoms with Gasteiger partial charge in [0.15, 0.2) is 0 Å². The lowest BCUT2D eigenvalue weighted by Gasteiger charge is -2.41. The smallest absolute Gasteiger partial charge is 0.255 e. The number of aromatic hydroxyl groups is 1. The first kappa shape index (κ1) is 22.7. The van der Waals surface area contributed by atoms with Crippen molar-refractivity contribution in [3.05, 3.63) is 59.2 Å². The maximum atomic E-state index is 13.3. The van der Waals surface area contributed by atoms with Gasteiger partial charge in [-0.15, -0.1) is 0 Å². The van der Waals surface area contributed by atoms with Crippen molar-refractivity contribution >= 4 is 17.5 Å². The van der Waals surface area contributed by atoms with Gasteiger partial charge in [0.25, 0.3) is 11.8 Å². The van der Waals surface area contributed by atoms with Crippen LogP contribution >= 0.6 is 0 Å². The number of benzene rings is 2. The Morgan fingerprint density at radius 2 is 1.65 bits per heavy atom. The topological polar surface area (TPSA) is 81.7 Å². The summed E-state index contributed by atoms with van der Waals surface area (Å²) in [5, 5.41) is 15.6. The van der Waals surface area contributed by atoms with Gasteiger partial charge in [0.2, 0.25) is 0 Å². The number of carbonyl (C=O) groups excluding carboxylic acids is 2. The Morgan fingerprint density at radius 1 is 1.00 bits per heavy atom. The summed E-state index contributed by atoms with van der Waals surface area (Å²) in [5.41, 5.74) is -0.139. The lowest BCUT2D eigenvalue weighted by atomic mass is 9.98. The van der Waals surface area contributed by atoms with E-state index in [1.54, 1.807) is 0 Å². The highest BCUT2D eigenvalue weighted by atomic mass is 19.1. The van der Waals surface area contributed by atoms with Gasteiger partial charge in [0.1, 0.15) is 17.4 Å². The number of anilines is 1. The largest absolute Gasteiger partial charge is 0.507 e.